The topological polar surface area (TPSA) is 9.23 Å². The average molecular weight is 289 g/mol. The summed E-state index contributed by atoms with van der Waals surface area (Å²) in [6, 6.07) is 10.8. The third-order valence-corrected chi connectivity index (χ3v) is 5.17. The van der Waals surface area contributed by atoms with Gasteiger partial charge in [-0.05, 0) is 44.0 Å². The van der Waals surface area contributed by atoms with Gasteiger partial charge in [-0.25, -0.2) is 0 Å². The van der Waals surface area contributed by atoms with Gasteiger partial charge in [0, 0.05) is 12.0 Å². The van der Waals surface area contributed by atoms with Gasteiger partial charge in [-0.1, -0.05) is 49.2 Å². The van der Waals surface area contributed by atoms with Crippen molar-refractivity contribution in [1.29, 1.82) is 0 Å². The molecule has 0 aromatic heterocycles. The van der Waals surface area contributed by atoms with Crippen LogP contribution in [0.1, 0.15) is 37.2 Å². The zero-order valence-corrected chi connectivity index (χ0v) is 14.1. The van der Waals surface area contributed by atoms with Crippen molar-refractivity contribution in [3.05, 3.63) is 48.6 Å². The van der Waals surface area contributed by atoms with E-state index in [4.69, 9.17) is 4.43 Å². The maximum atomic E-state index is 6.49. The highest BCUT2D eigenvalue weighted by Crippen LogP contribution is 2.39. The van der Waals surface area contributed by atoms with E-state index in [0.717, 1.165) is 0 Å². The second-order valence-corrected chi connectivity index (χ2v) is 11.3. The van der Waals surface area contributed by atoms with Gasteiger partial charge in [-0.15, -0.1) is 6.58 Å². The fourth-order valence-electron chi connectivity index (χ4n) is 3.37. The first-order valence-corrected chi connectivity index (χ1v) is 11.3. The van der Waals surface area contributed by atoms with Gasteiger partial charge in [-0.3, -0.25) is 0 Å². The summed E-state index contributed by atoms with van der Waals surface area (Å²) < 4.78 is 6.49. The molecule has 1 fully saturated rings. The molecule has 0 radical (unpaired) electrons. The quantitative estimate of drug-likeness (QED) is 0.523. The Morgan fingerprint density at radius 2 is 1.80 bits per heavy atom. The SMILES string of the molecule is C=C[C@@H](c1ccccc1)[C@@H]1CCCC[C@H]1O[Si](C)(C)C. The zero-order chi connectivity index (χ0) is 14.6. The lowest BCUT2D eigenvalue weighted by Gasteiger charge is -2.39. The number of allylic oxidation sites excluding steroid dienone is 1. The lowest BCUT2D eigenvalue weighted by atomic mass is 9.75. The van der Waals surface area contributed by atoms with Crippen molar-refractivity contribution in [1.82, 2.24) is 0 Å². The van der Waals surface area contributed by atoms with Crippen LogP contribution in [-0.4, -0.2) is 14.4 Å². The van der Waals surface area contributed by atoms with E-state index in [1.807, 2.05) is 0 Å². The van der Waals surface area contributed by atoms with Crippen LogP contribution in [0.2, 0.25) is 19.6 Å². The molecule has 1 nitrogen and oxygen atoms in total. The normalized spacial score (nSPS) is 25.1. The number of hydrogen-bond donors (Lipinski definition) is 0. The Morgan fingerprint density at radius 3 is 2.40 bits per heavy atom. The Balaban J connectivity index is 2.19. The molecular formula is C18H28OSi. The Labute approximate surface area is 125 Å². The van der Waals surface area contributed by atoms with E-state index in [0.29, 0.717) is 17.9 Å². The van der Waals surface area contributed by atoms with Gasteiger partial charge < -0.3 is 4.43 Å². The molecule has 0 aliphatic heterocycles. The monoisotopic (exact) mass is 288 g/mol. The third-order valence-electron chi connectivity index (χ3n) is 4.16. The molecule has 2 heteroatoms. The standard InChI is InChI=1S/C18H28OSi/c1-5-16(15-11-7-6-8-12-15)17-13-9-10-14-18(17)19-20(2,3)4/h5-8,11-12,16-18H,1,9-10,13-14H2,2-4H3/t16-,17-,18+/m0/s1. The van der Waals surface area contributed by atoms with Crippen molar-refractivity contribution >= 4 is 8.32 Å². The highest BCUT2D eigenvalue weighted by Gasteiger charge is 2.34. The predicted octanol–water partition coefficient (Wildman–Crippen LogP) is 5.37. The smallest absolute Gasteiger partial charge is 0.184 e. The minimum Gasteiger partial charge on any atom is -0.414 e. The fourth-order valence-corrected chi connectivity index (χ4v) is 4.57. The minimum atomic E-state index is -1.48. The number of rotatable bonds is 5. The third kappa shape index (κ3) is 4.06. The summed E-state index contributed by atoms with van der Waals surface area (Å²) >= 11 is 0. The van der Waals surface area contributed by atoms with Crippen LogP contribution in [0.15, 0.2) is 43.0 Å². The first-order chi connectivity index (χ1) is 9.51. The van der Waals surface area contributed by atoms with Crippen molar-refractivity contribution in [3.8, 4) is 0 Å². The van der Waals surface area contributed by atoms with Crippen LogP contribution < -0.4 is 0 Å². The van der Waals surface area contributed by atoms with Gasteiger partial charge in [0.2, 0.25) is 0 Å². The van der Waals surface area contributed by atoms with Gasteiger partial charge in [0.05, 0.1) is 0 Å². The van der Waals surface area contributed by atoms with Crippen molar-refractivity contribution < 1.29 is 4.43 Å². The second kappa shape index (κ2) is 6.73. The molecule has 0 unspecified atom stereocenters. The van der Waals surface area contributed by atoms with E-state index in [1.54, 1.807) is 0 Å². The fraction of sp³-hybridized carbons (Fsp3) is 0.556. The lowest BCUT2D eigenvalue weighted by molar-refractivity contribution is 0.0782. The van der Waals surface area contributed by atoms with E-state index < -0.39 is 8.32 Å². The lowest BCUT2D eigenvalue weighted by Crippen LogP contribution is -2.39. The van der Waals surface area contributed by atoms with Crippen molar-refractivity contribution in [2.24, 2.45) is 5.92 Å². The van der Waals surface area contributed by atoms with Gasteiger partial charge >= 0.3 is 0 Å². The van der Waals surface area contributed by atoms with Crippen LogP contribution in [0, 0.1) is 5.92 Å². The van der Waals surface area contributed by atoms with E-state index >= 15 is 0 Å². The van der Waals surface area contributed by atoms with E-state index in [1.165, 1.54) is 31.2 Å². The number of benzene rings is 1. The number of hydrogen-bond acceptors (Lipinski definition) is 1. The molecule has 0 spiro atoms. The average Bonchev–Trinajstić information content (AvgIpc) is 2.41. The van der Waals surface area contributed by atoms with Crippen LogP contribution in [0.3, 0.4) is 0 Å². The molecule has 110 valence electrons. The summed E-state index contributed by atoms with van der Waals surface area (Å²) in [5, 5.41) is 0. The van der Waals surface area contributed by atoms with Crippen molar-refractivity contribution in [2.75, 3.05) is 0 Å². The summed E-state index contributed by atoms with van der Waals surface area (Å²) in [6.07, 6.45) is 7.66. The summed E-state index contributed by atoms with van der Waals surface area (Å²) in [5.74, 6) is 1.02. The maximum absolute atomic E-state index is 6.49. The van der Waals surface area contributed by atoms with Crippen molar-refractivity contribution in [3.63, 3.8) is 0 Å². The van der Waals surface area contributed by atoms with E-state index in [2.05, 4.69) is 62.6 Å². The molecule has 1 aliphatic rings. The molecule has 0 bridgehead atoms. The Morgan fingerprint density at radius 1 is 1.15 bits per heavy atom. The predicted molar refractivity (Wildman–Crippen MR) is 89.6 cm³/mol. The highest BCUT2D eigenvalue weighted by atomic mass is 28.4. The molecule has 1 aromatic carbocycles. The molecule has 1 aliphatic carbocycles. The first kappa shape index (κ1) is 15.5. The molecule has 3 atom stereocenters. The van der Waals surface area contributed by atoms with E-state index in [-0.39, 0.29) is 0 Å². The molecule has 0 N–H and O–H groups in total. The summed E-state index contributed by atoms with van der Waals surface area (Å²) in [5.41, 5.74) is 1.39. The summed E-state index contributed by atoms with van der Waals surface area (Å²) in [4.78, 5) is 0. The summed E-state index contributed by atoms with van der Waals surface area (Å²) in [6.45, 7) is 11.0. The molecule has 1 aromatic rings. The molecule has 0 heterocycles. The second-order valence-electron chi connectivity index (χ2n) is 6.89. The zero-order valence-electron chi connectivity index (χ0n) is 13.1. The van der Waals surface area contributed by atoms with Crippen LogP contribution in [-0.2, 0) is 4.43 Å². The maximum Gasteiger partial charge on any atom is 0.184 e. The van der Waals surface area contributed by atoms with E-state index in [9.17, 15) is 0 Å². The molecule has 2 rings (SSSR count). The van der Waals surface area contributed by atoms with Crippen LogP contribution in [0.5, 0.6) is 0 Å². The van der Waals surface area contributed by atoms with Gasteiger partial charge in [-0.2, -0.15) is 0 Å². The van der Waals surface area contributed by atoms with Crippen LogP contribution in [0.25, 0.3) is 0 Å². The Hall–Kier alpha value is -0.863. The highest BCUT2D eigenvalue weighted by molar-refractivity contribution is 6.69. The molecule has 0 saturated heterocycles. The Kier molecular flexibility index (Phi) is 5.22. The van der Waals surface area contributed by atoms with Gasteiger partial charge in [0.1, 0.15) is 0 Å². The molecular weight excluding hydrogens is 260 g/mol. The largest absolute Gasteiger partial charge is 0.414 e. The van der Waals surface area contributed by atoms with Gasteiger partial charge in [0.15, 0.2) is 8.32 Å². The van der Waals surface area contributed by atoms with Crippen LogP contribution in [0.4, 0.5) is 0 Å². The van der Waals surface area contributed by atoms with Gasteiger partial charge in [0.25, 0.3) is 0 Å². The first-order valence-electron chi connectivity index (χ1n) is 7.86. The molecule has 20 heavy (non-hydrogen) atoms. The Bertz CT molecular complexity index is 421. The summed E-state index contributed by atoms with van der Waals surface area (Å²) in [7, 11) is -1.48. The molecule has 0 amide bonds. The molecule has 1 saturated carbocycles. The van der Waals surface area contributed by atoms with Crippen molar-refractivity contribution in [2.45, 2.75) is 57.3 Å². The minimum absolute atomic E-state index is 0.415. The van der Waals surface area contributed by atoms with Crippen LogP contribution >= 0.6 is 0 Å².